The molecular weight excluding hydrogens is 456 g/mol. The molecule has 2 fully saturated rings. The van der Waals surface area contributed by atoms with E-state index in [4.69, 9.17) is 9.47 Å². The number of hydrogen-bond acceptors (Lipinski definition) is 7. The molecule has 1 amide bonds. The Morgan fingerprint density at radius 1 is 1.00 bits per heavy atom. The van der Waals surface area contributed by atoms with Crippen molar-refractivity contribution in [1.82, 2.24) is 14.6 Å². The summed E-state index contributed by atoms with van der Waals surface area (Å²) in [5.41, 5.74) is 0.954. The van der Waals surface area contributed by atoms with Gasteiger partial charge in [-0.2, -0.15) is 4.31 Å². The first-order chi connectivity index (χ1) is 16.5. The zero-order chi connectivity index (χ0) is 23.5. The van der Waals surface area contributed by atoms with Crippen LogP contribution in [0.15, 0.2) is 41.4 Å². The first-order valence-corrected chi connectivity index (χ1v) is 13.3. The molecule has 2 aromatic rings. The fourth-order valence-corrected chi connectivity index (χ4v) is 6.17. The van der Waals surface area contributed by atoms with Crippen LogP contribution in [0.2, 0.25) is 0 Å². The average molecular weight is 487 g/mol. The van der Waals surface area contributed by atoms with Crippen LogP contribution in [-0.2, 0) is 21.4 Å². The Balaban J connectivity index is 1.13. The first-order valence-electron chi connectivity index (χ1n) is 11.9. The zero-order valence-corrected chi connectivity index (χ0v) is 19.9. The number of rotatable bonds is 6. The number of hydrogen-bond donors (Lipinski definition) is 1. The third-order valence-corrected chi connectivity index (χ3v) is 8.58. The van der Waals surface area contributed by atoms with E-state index < -0.39 is 10.0 Å². The lowest BCUT2D eigenvalue weighted by Crippen LogP contribution is -2.42. The highest BCUT2D eigenvalue weighted by molar-refractivity contribution is 7.89. The number of sulfonamides is 1. The van der Waals surface area contributed by atoms with E-state index in [-0.39, 0.29) is 16.7 Å². The maximum Gasteiger partial charge on any atom is 0.243 e. The zero-order valence-electron chi connectivity index (χ0n) is 19.1. The van der Waals surface area contributed by atoms with Crippen LogP contribution >= 0.6 is 0 Å². The van der Waals surface area contributed by atoms with Gasteiger partial charge in [-0.1, -0.05) is 6.07 Å². The molecule has 1 aromatic carbocycles. The highest BCUT2D eigenvalue weighted by atomic mass is 32.2. The van der Waals surface area contributed by atoms with Gasteiger partial charge in [0.25, 0.3) is 0 Å². The molecule has 182 valence electrons. The number of carbonyl (C=O) groups is 1. The molecule has 5 rings (SSSR count). The monoisotopic (exact) mass is 486 g/mol. The molecule has 4 heterocycles. The number of nitrogens with zero attached hydrogens (tertiary/aromatic N) is 3. The van der Waals surface area contributed by atoms with Crippen molar-refractivity contribution in [3.8, 4) is 11.5 Å². The van der Waals surface area contributed by atoms with Gasteiger partial charge >= 0.3 is 0 Å². The minimum Gasteiger partial charge on any atom is -0.486 e. The number of nitrogens with one attached hydrogen (secondary N) is 1. The van der Waals surface area contributed by atoms with Gasteiger partial charge in [0.1, 0.15) is 19.0 Å². The highest BCUT2D eigenvalue weighted by Crippen LogP contribution is 2.34. The van der Waals surface area contributed by atoms with Gasteiger partial charge in [0, 0.05) is 50.9 Å². The van der Waals surface area contributed by atoms with Crippen molar-refractivity contribution in [3.63, 3.8) is 0 Å². The fourth-order valence-electron chi connectivity index (χ4n) is 4.68. The molecule has 3 aliphatic heterocycles. The molecule has 0 aliphatic carbocycles. The molecule has 0 saturated carbocycles. The lowest BCUT2D eigenvalue weighted by molar-refractivity contribution is -0.126. The Hall–Kier alpha value is -2.85. The number of benzene rings is 1. The van der Waals surface area contributed by atoms with Crippen molar-refractivity contribution in [2.24, 2.45) is 5.92 Å². The van der Waals surface area contributed by atoms with Crippen molar-refractivity contribution in [2.45, 2.75) is 37.1 Å². The summed E-state index contributed by atoms with van der Waals surface area (Å²) in [6.45, 7) is 3.98. The number of pyridine rings is 1. The van der Waals surface area contributed by atoms with Crippen LogP contribution in [0, 0.1) is 5.92 Å². The largest absolute Gasteiger partial charge is 0.486 e. The van der Waals surface area contributed by atoms with Crippen LogP contribution < -0.4 is 19.7 Å². The topological polar surface area (TPSA) is 101 Å². The van der Waals surface area contributed by atoms with Gasteiger partial charge < -0.3 is 19.7 Å². The Bertz CT molecular complexity index is 1120. The van der Waals surface area contributed by atoms with E-state index in [9.17, 15) is 13.2 Å². The lowest BCUT2D eigenvalue weighted by atomic mass is 9.97. The smallest absolute Gasteiger partial charge is 0.243 e. The number of carbonyl (C=O) groups excluding carboxylic acids is 1. The quantitative estimate of drug-likeness (QED) is 0.668. The van der Waals surface area contributed by atoms with Gasteiger partial charge in [-0.05, 0) is 49.4 Å². The van der Waals surface area contributed by atoms with Gasteiger partial charge in [0.2, 0.25) is 15.9 Å². The van der Waals surface area contributed by atoms with Gasteiger partial charge in [0.05, 0.1) is 4.90 Å². The van der Waals surface area contributed by atoms with Crippen molar-refractivity contribution in [2.75, 3.05) is 44.3 Å². The molecule has 1 aromatic heterocycles. The molecule has 0 bridgehead atoms. The van der Waals surface area contributed by atoms with E-state index >= 15 is 0 Å². The summed E-state index contributed by atoms with van der Waals surface area (Å²) in [5.74, 6) is 1.74. The van der Waals surface area contributed by atoms with Crippen LogP contribution in [0.4, 0.5) is 5.82 Å². The Morgan fingerprint density at radius 2 is 1.74 bits per heavy atom. The SMILES string of the molecule is O=C(NCc1ccc(N2CCCC2)nc1)C1CCN(S(=O)(=O)c2ccc3c(c2)OCCO3)CC1. The number of piperidine rings is 1. The van der Waals surface area contributed by atoms with E-state index in [1.807, 2.05) is 18.3 Å². The van der Waals surface area contributed by atoms with Crippen LogP contribution in [0.5, 0.6) is 11.5 Å². The first kappa shape index (κ1) is 22.9. The van der Waals surface area contributed by atoms with Crippen molar-refractivity contribution >= 4 is 21.7 Å². The maximum absolute atomic E-state index is 13.1. The van der Waals surface area contributed by atoms with Gasteiger partial charge in [-0.15, -0.1) is 0 Å². The number of anilines is 1. The molecule has 0 atom stereocenters. The number of ether oxygens (including phenoxy) is 2. The van der Waals surface area contributed by atoms with Crippen molar-refractivity contribution in [3.05, 3.63) is 42.1 Å². The van der Waals surface area contributed by atoms with Crippen molar-refractivity contribution < 1.29 is 22.7 Å². The second-order valence-corrected chi connectivity index (χ2v) is 10.9. The molecule has 1 N–H and O–H groups in total. The maximum atomic E-state index is 13.1. The molecule has 9 nitrogen and oxygen atoms in total. The van der Waals surface area contributed by atoms with Gasteiger partial charge in [-0.3, -0.25) is 4.79 Å². The Morgan fingerprint density at radius 3 is 2.44 bits per heavy atom. The van der Waals surface area contributed by atoms with Crippen LogP contribution in [0.3, 0.4) is 0 Å². The summed E-state index contributed by atoms with van der Waals surface area (Å²) in [5, 5.41) is 2.99. The molecule has 2 saturated heterocycles. The van der Waals surface area contributed by atoms with Gasteiger partial charge in [-0.25, -0.2) is 13.4 Å². The normalized spacial score (nSPS) is 19.2. The molecule has 0 unspecified atom stereocenters. The molecule has 0 spiro atoms. The lowest BCUT2D eigenvalue weighted by Gasteiger charge is -2.31. The summed E-state index contributed by atoms with van der Waals surface area (Å²) in [4.78, 5) is 19.7. The summed E-state index contributed by atoms with van der Waals surface area (Å²) in [6, 6.07) is 8.71. The predicted octanol–water partition coefficient (Wildman–Crippen LogP) is 2.17. The number of aromatic nitrogens is 1. The molecule has 34 heavy (non-hydrogen) atoms. The molecular formula is C24H30N4O5S. The Labute approximate surface area is 200 Å². The van der Waals surface area contributed by atoms with Crippen LogP contribution in [-0.4, -0.2) is 63.0 Å². The van der Waals surface area contributed by atoms with Crippen LogP contribution in [0.1, 0.15) is 31.2 Å². The number of fused-ring (bicyclic) bond motifs is 1. The molecule has 3 aliphatic rings. The Kier molecular flexibility index (Phi) is 6.60. The predicted molar refractivity (Wildman–Crippen MR) is 126 cm³/mol. The minimum atomic E-state index is -3.66. The minimum absolute atomic E-state index is 0.0417. The second kappa shape index (κ2) is 9.79. The summed E-state index contributed by atoms with van der Waals surface area (Å²) < 4.78 is 38.7. The standard InChI is InChI=1S/C24H30N4O5S/c29-24(26-17-18-3-6-23(25-16-18)27-9-1-2-10-27)19-7-11-28(12-8-19)34(30,31)20-4-5-21-22(15-20)33-14-13-32-21/h3-6,15-16,19H,1-2,7-14,17H2,(H,26,29). The van der Waals surface area contributed by atoms with E-state index in [1.54, 1.807) is 12.1 Å². The molecule has 0 radical (unpaired) electrons. The summed E-state index contributed by atoms with van der Waals surface area (Å²) >= 11 is 0. The van der Waals surface area contributed by atoms with E-state index in [0.29, 0.717) is 57.2 Å². The summed E-state index contributed by atoms with van der Waals surface area (Å²) in [7, 11) is -3.66. The highest BCUT2D eigenvalue weighted by Gasteiger charge is 2.32. The van der Waals surface area contributed by atoms with Crippen LogP contribution in [0.25, 0.3) is 0 Å². The molecule has 10 heteroatoms. The van der Waals surface area contributed by atoms with Gasteiger partial charge in [0.15, 0.2) is 11.5 Å². The average Bonchev–Trinajstić information content (AvgIpc) is 3.42. The number of amides is 1. The third kappa shape index (κ3) is 4.83. The van der Waals surface area contributed by atoms with Crippen molar-refractivity contribution in [1.29, 1.82) is 0 Å². The second-order valence-electron chi connectivity index (χ2n) is 8.92. The van der Waals surface area contributed by atoms with E-state index in [0.717, 1.165) is 24.5 Å². The van der Waals surface area contributed by atoms with E-state index in [1.165, 1.54) is 23.2 Å². The third-order valence-electron chi connectivity index (χ3n) is 6.68. The summed E-state index contributed by atoms with van der Waals surface area (Å²) in [6.07, 6.45) is 5.20. The fraction of sp³-hybridized carbons (Fsp3) is 0.500. The van der Waals surface area contributed by atoms with E-state index in [2.05, 4.69) is 15.2 Å².